The molecule has 1 rings (SSSR count). The second-order valence-corrected chi connectivity index (χ2v) is 2.75. The van der Waals surface area contributed by atoms with Crippen LogP contribution in [0.1, 0.15) is 6.42 Å². The maximum atomic E-state index is 3.39. The molecule has 1 nitrogen and oxygen atoms in total. The van der Waals surface area contributed by atoms with Crippen molar-refractivity contribution in [2.24, 2.45) is 0 Å². The standard InChI is InChI=1S/C6H8BrN/c1-8-6-3-2-5(7)4-6/h2-3,8H,4H2,1H3. The number of hydrogen-bond acceptors (Lipinski definition) is 1. The van der Waals surface area contributed by atoms with Crippen LogP contribution in [-0.2, 0) is 0 Å². The Balaban J connectivity index is 2.49. The van der Waals surface area contributed by atoms with Crippen molar-refractivity contribution in [2.75, 3.05) is 7.05 Å². The number of nitrogens with one attached hydrogen (secondary N) is 1. The lowest BCUT2D eigenvalue weighted by molar-refractivity contribution is 0.950. The SMILES string of the molecule is CNC1=CC=C(Br)C1. The van der Waals surface area contributed by atoms with Crippen LogP contribution < -0.4 is 5.32 Å². The molecule has 0 amide bonds. The lowest BCUT2D eigenvalue weighted by Crippen LogP contribution is -2.02. The molecule has 0 unspecified atom stereocenters. The van der Waals surface area contributed by atoms with Gasteiger partial charge in [0.2, 0.25) is 0 Å². The first-order valence-electron chi connectivity index (χ1n) is 2.56. The minimum Gasteiger partial charge on any atom is -0.391 e. The van der Waals surface area contributed by atoms with E-state index in [0.29, 0.717) is 0 Å². The third kappa shape index (κ3) is 1.13. The van der Waals surface area contributed by atoms with Gasteiger partial charge >= 0.3 is 0 Å². The summed E-state index contributed by atoms with van der Waals surface area (Å²) >= 11 is 3.39. The van der Waals surface area contributed by atoms with E-state index in [4.69, 9.17) is 0 Å². The first kappa shape index (κ1) is 5.89. The van der Waals surface area contributed by atoms with Crippen LogP contribution in [0, 0.1) is 0 Å². The molecule has 0 heterocycles. The molecule has 0 spiro atoms. The molecule has 1 N–H and O–H groups in total. The van der Waals surface area contributed by atoms with Gasteiger partial charge < -0.3 is 5.32 Å². The summed E-state index contributed by atoms with van der Waals surface area (Å²) in [4.78, 5) is 0. The van der Waals surface area contributed by atoms with Gasteiger partial charge in [-0.3, -0.25) is 0 Å². The zero-order chi connectivity index (χ0) is 5.98. The highest BCUT2D eigenvalue weighted by molar-refractivity contribution is 9.11. The Labute approximate surface area is 57.6 Å². The molecule has 1 aliphatic rings. The van der Waals surface area contributed by atoms with Crippen molar-refractivity contribution in [1.29, 1.82) is 0 Å². The maximum Gasteiger partial charge on any atom is 0.0189 e. The third-order valence-corrected chi connectivity index (χ3v) is 1.69. The molecule has 0 aromatic carbocycles. The largest absolute Gasteiger partial charge is 0.391 e. The second-order valence-electron chi connectivity index (χ2n) is 1.73. The normalized spacial score (nSPS) is 17.8. The molecule has 0 radical (unpaired) electrons. The fourth-order valence-corrected chi connectivity index (χ4v) is 1.10. The average molecular weight is 174 g/mol. The summed E-state index contributed by atoms with van der Waals surface area (Å²) < 4.78 is 1.25. The van der Waals surface area contributed by atoms with E-state index in [1.165, 1.54) is 10.2 Å². The van der Waals surface area contributed by atoms with Crippen molar-refractivity contribution in [3.05, 3.63) is 22.3 Å². The van der Waals surface area contributed by atoms with Gasteiger partial charge in [0.15, 0.2) is 0 Å². The first-order chi connectivity index (χ1) is 3.83. The molecule has 0 aromatic heterocycles. The zero-order valence-electron chi connectivity index (χ0n) is 4.74. The van der Waals surface area contributed by atoms with Crippen LogP contribution in [0.4, 0.5) is 0 Å². The van der Waals surface area contributed by atoms with Crippen LogP contribution in [0.25, 0.3) is 0 Å². The molecule has 0 atom stereocenters. The number of rotatable bonds is 1. The highest BCUT2D eigenvalue weighted by Gasteiger charge is 2.01. The van der Waals surface area contributed by atoms with E-state index in [-0.39, 0.29) is 0 Å². The summed E-state index contributed by atoms with van der Waals surface area (Å²) in [5, 5.41) is 3.07. The molecule has 44 valence electrons. The third-order valence-electron chi connectivity index (χ3n) is 1.15. The van der Waals surface area contributed by atoms with E-state index in [0.717, 1.165) is 6.42 Å². The molecular weight excluding hydrogens is 166 g/mol. The van der Waals surface area contributed by atoms with Gasteiger partial charge in [0, 0.05) is 23.6 Å². The molecule has 1 aliphatic carbocycles. The fourth-order valence-electron chi connectivity index (χ4n) is 0.663. The van der Waals surface area contributed by atoms with Crippen LogP contribution in [0.5, 0.6) is 0 Å². The molecule has 2 heteroatoms. The van der Waals surface area contributed by atoms with E-state index in [1.54, 1.807) is 0 Å². The van der Waals surface area contributed by atoms with Crippen molar-refractivity contribution < 1.29 is 0 Å². The summed E-state index contributed by atoms with van der Waals surface area (Å²) in [5.41, 5.74) is 1.27. The van der Waals surface area contributed by atoms with E-state index in [1.807, 2.05) is 7.05 Å². The Morgan fingerprint density at radius 2 is 2.38 bits per heavy atom. The van der Waals surface area contributed by atoms with Gasteiger partial charge in [-0.1, -0.05) is 15.9 Å². The molecule has 0 saturated heterocycles. The zero-order valence-corrected chi connectivity index (χ0v) is 6.33. The van der Waals surface area contributed by atoms with Gasteiger partial charge in [-0.05, 0) is 12.2 Å². The predicted octanol–water partition coefficient (Wildman–Crippen LogP) is 1.77. The lowest BCUT2D eigenvalue weighted by atomic mass is 10.4. The van der Waals surface area contributed by atoms with Gasteiger partial charge in [0.1, 0.15) is 0 Å². The highest BCUT2D eigenvalue weighted by atomic mass is 79.9. The average Bonchev–Trinajstić information content (AvgIpc) is 2.14. The summed E-state index contributed by atoms with van der Waals surface area (Å²) in [6, 6.07) is 0. The molecular formula is C6H8BrN. The molecule has 0 aromatic rings. The molecule has 0 aliphatic heterocycles. The van der Waals surface area contributed by atoms with Crippen LogP contribution in [0.2, 0.25) is 0 Å². The van der Waals surface area contributed by atoms with Crippen molar-refractivity contribution in [3.63, 3.8) is 0 Å². The molecule has 8 heavy (non-hydrogen) atoms. The Morgan fingerprint density at radius 3 is 2.62 bits per heavy atom. The first-order valence-corrected chi connectivity index (χ1v) is 3.35. The van der Waals surface area contributed by atoms with Gasteiger partial charge in [0.05, 0.1) is 0 Å². The van der Waals surface area contributed by atoms with Gasteiger partial charge in [-0.25, -0.2) is 0 Å². The van der Waals surface area contributed by atoms with E-state index >= 15 is 0 Å². The fraction of sp³-hybridized carbons (Fsp3) is 0.333. The monoisotopic (exact) mass is 173 g/mol. The van der Waals surface area contributed by atoms with Crippen molar-refractivity contribution >= 4 is 15.9 Å². The van der Waals surface area contributed by atoms with E-state index < -0.39 is 0 Å². The topological polar surface area (TPSA) is 12.0 Å². The Kier molecular flexibility index (Phi) is 1.73. The van der Waals surface area contributed by atoms with E-state index in [2.05, 4.69) is 33.4 Å². The minimum absolute atomic E-state index is 1.02. The minimum atomic E-state index is 1.02. The van der Waals surface area contributed by atoms with Gasteiger partial charge in [0.25, 0.3) is 0 Å². The Bertz CT molecular complexity index is 147. The number of halogens is 1. The second kappa shape index (κ2) is 2.35. The molecule has 0 saturated carbocycles. The van der Waals surface area contributed by atoms with Crippen molar-refractivity contribution in [1.82, 2.24) is 5.32 Å². The summed E-state index contributed by atoms with van der Waals surface area (Å²) in [6.45, 7) is 0. The predicted molar refractivity (Wildman–Crippen MR) is 38.8 cm³/mol. The highest BCUT2D eigenvalue weighted by Crippen LogP contribution is 2.20. The maximum absolute atomic E-state index is 3.39. The Morgan fingerprint density at radius 1 is 1.62 bits per heavy atom. The van der Waals surface area contributed by atoms with Gasteiger partial charge in [-0.15, -0.1) is 0 Å². The van der Waals surface area contributed by atoms with Crippen LogP contribution in [0.15, 0.2) is 22.3 Å². The summed E-state index contributed by atoms with van der Waals surface area (Å²) in [7, 11) is 1.94. The van der Waals surface area contributed by atoms with Crippen molar-refractivity contribution in [3.8, 4) is 0 Å². The summed E-state index contributed by atoms with van der Waals surface area (Å²) in [5.74, 6) is 0. The smallest absolute Gasteiger partial charge is 0.0189 e. The Hall–Kier alpha value is -0.240. The van der Waals surface area contributed by atoms with Crippen LogP contribution in [0.3, 0.4) is 0 Å². The summed E-state index contributed by atoms with van der Waals surface area (Å²) in [6.07, 6.45) is 5.16. The van der Waals surface area contributed by atoms with Gasteiger partial charge in [-0.2, -0.15) is 0 Å². The van der Waals surface area contributed by atoms with E-state index in [9.17, 15) is 0 Å². The lowest BCUT2D eigenvalue weighted by Gasteiger charge is -1.96. The quantitative estimate of drug-likeness (QED) is 0.638. The van der Waals surface area contributed by atoms with Crippen LogP contribution >= 0.6 is 15.9 Å². The number of allylic oxidation sites excluding steroid dienone is 3. The molecule has 0 bridgehead atoms. The molecule has 0 fully saturated rings. The number of hydrogen-bond donors (Lipinski definition) is 1. The van der Waals surface area contributed by atoms with Crippen molar-refractivity contribution in [2.45, 2.75) is 6.42 Å². The van der Waals surface area contributed by atoms with Crippen LogP contribution in [-0.4, -0.2) is 7.05 Å².